The normalized spacial score (nSPS) is 10.5. The predicted molar refractivity (Wildman–Crippen MR) is 98.3 cm³/mol. The Bertz CT molecular complexity index is 898. The minimum Gasteiger partial charge on any atom is -0.484 e. The van der Waals surface area contributed by atoms with Gasteiger partial charge in [-0.2, -0.15) is 0 Å². The quantitative estimate of drug-likeness (QED) is 0.643. The second-order valence-electron chi connectivity index (χ2n) is 5.66. The zero-order valence-electron chi connectivity index (χ0n) is 14.4. The van der Waals surface area contributed by atoms with Crippen molar-refractivity contribution in [3.8, 4) is 16.3 Å². The molecular formula is C19H18N2O4S. The van der Waals surface area contributed by atoms with E-state index in [0.717, 1.165) is 16.3 Å². The highest BCUT2D eigenvalue weighted by atomic mass is 32.1. The molecule has 0 aliphatic heterocycles. The summed E-state index contributed by atoms with van der Waals surface area (Å²) in [6.07, 6.45) is 1.56. The Hall–Kier alpha value is -2.93. The number of thiazole rings is 1. The summed E-state index contributed by atoms with van der Waals surface area (Å²) in [6, 6.07) is 10.8. The summed E-state index contributed by atoms with van der Waals surface area (Å²) in [7, 11) is 0. The molecule has 0 fully saturated rings. The van der Waals surface area contributed by atoms with Crippen molar-refractivity contribution >= 4 is 23.0 Å². The number of benzene rings is 1. The molecule has 3 rings (SSSR count). The number of carbonyl (C=O) groups excluding carboxylic acids is 2. The maximum Gasteiger partial charge on any atom is 0.258 e. The lowest BCUT2D eigenvalue weighted by Crippen LogP contribution is -2.28. The number of hydrogen-bond acceptors (Lipinski definition) is 6. The molecule has 0 saturated carbocycles. The molecule has 2 aromatic heterocycles. The lowest BCUT2D eigenvalue weighted by Gasteiger charge is -2.07. The van der Waals surface area contributed by atoms with Crippen LogP contribution in [-0.4, -0.2) is 23.3 Å². The van der Waals surface area contributed by atoms with E-state index in [4.69, 9.17) is 9.15 Å². The standard InChI is InChI=1S/C19H18N2O4S/c1-12-18(13(2)22)26-19(21-12)14-5-7-15(8-6-14)25-11-17(23)20-10-16-4-3-9-24-16/h3-9H,10-11H2,1-2H3,(H,20,23). The number of aromatic nitrogens is 1. The zero-order valence-corrected chi connectivity index (χ0v) is 15.3. The van der Waals surface area contributed by atoms with Gasteiger partial charge in [-0.05, 0) is 43.3 Å². The van der Waals surface area contributed by atoms with Crippen LogP contribution in [0.15, 0.2) is 47.1 Å². The third-order valence-electron chi connectivity index (χ3n) is 3.63. The number of carbonyl (C=O) groups is 2. The molecule has 1 aromatic carbocycles. The number of Topliss-reactive ketones (excluding diaryl/α,β-unsaturated/α-hetero) is 1. The van der Waals surface area contributed by atoms with Crippen molar-refractivity contribution in [1.29, 1.82) is 0 Å². The van der Waals surface area contributed by atoms with Crippen LogP contribution in [0.2, 0.25) is 0 Å². The number of ether oxygens (including phenoxy) is 1. The molecule has 1 N–H and O–H groups in total. The van der Waals surface area contributed by atoms with Crippen molar-refractivity contribution in [2.24, 2.45) is 0 Å². The number of aryl methyl sites for hydroxylation is 1. The fourth-order valence-corrected chi connectivity index (χ4v) is 3.31. The third kappa shape index (κ3) is 4.37. The Morgan fingerprint density at radius 3 is 2.62 bits per heavy atom. The van der Waals surface area contributed by atoms with Gasteiger partial charge in [-0.1, -0.05) is 0 Å². The maximum atomic E-state index is 11.8. The number of rotatable bonds is 7. The maximum absolute atomic E-state index is 11.8. The molecule has 0 bridgehead atoms. The zero-order chi connectivity index (χ0) is 18.5. The summed E-state index contributed by atoms with van der Waals surface area (Å²) in [5, 5.41) is 3.50. The number of hydrogen-bond donors (Lipinski definition) is 1. The smallest absolute Gasteiger partial charge is 0.258 e. The first-order valence-corrected chi connectivity index (χ1v) is 8.85. The number of nitrogens with one attached hydrogen (secondary N) is 1. The lowest BCUT2D eigenvalue weighted by molar-refractivity contribution is -0.123. The first-order chi connectivity index (χ1) is 12.5. The molecule has 0 radical (unpaired) electrons. The van der Waals surface area contributed by atoms with Crippen molar-refractivity contribution in [1.82, 2.24) is 10.3 Å². The van der Waals surface area contributed by atoms with Crippen molar-refractivity contribution in [2.45, 2.75) is 20.4 Å². The molecule has 134 valence electrons. The van der Waals surface area contributed by atoms with Crippen LogP contribution in [-0.2, 0) is 11.3 Å². The highest BCUT2D eigenvalue weighted by Gasteiger charge is 2.13. The number of ketones is 1. The molecular weight excluding hydrogens is 352 g/mol. The molecule has 3 aromatic rings. The van der Waals surface area contributed by atoms with Crippen molar-refractivity contribution < 1.29 is 18.7 Å². The van der Waals surface area contributed by atoms with Gasteiger partial charge in [-0.15, -0.1) is 11.3 Å². The van der Waals surface area contributed by atoms with Gasteiger partial charge in [-0.25, -0.2) is 4.98 Å². The minimum absolute atomic E-state index is 0.0202. The van der Waals surface area contributed by atoms with Crippen LogP contribution < -0.4 is 10.1 Å². The van der Waals surface area contributed by atoms with Crippen molar-refractivity contribution in [2.75, 3.05) is 6.61 Å². The first-order valence-electron chi connectivity index (χ1n) is 8.03. The predicted octanol–water partition coefficient (Wildman–Crippen LogP) is 3.61. The summed E-state index contributed by atoms with van der Waals surface area (Å²) in [6.45, 7) is 3.62. The first kappa shape index (κ1) is 17.9. The molecule has 7 heteroatoms. The highest BCUT2D eigenvalue weighted by molar-refractivity contribution is 7.17. The van der Waals surface area contributed by atoms with Crippen LogP contribution in [0.5, 0.6) is 5.75 Å². The average Bonchev–Trinajstić information content (AvgIpc) is 3.28. The SMILES string of the molecule is CC(=O)c1sc(-c2ccc(OCC(=O)NCc3ccco3)cc2)nc1C. The van der Waals surface area contributed by atoms with Gasteiger partial charge in [0.15, 0.2) is 12.4 Å². The summed E-state index contributed by atoms with van der Waals surface area (Å²) in [4.78, 5) is 28.4. The molecule has 1 amide bonds. The summed E-state index contributed by atoms with van der Waals surface area (Å²) in [5.41, 5.74) is 1.64. The van der Waals surface area contributed by atoms with Crippen LogP contribution in [0.4, 0.5) is 0 Å². The summed E-state index contributed by atoms with van der Waals surface area (Å²) >= 11 is 1.38. The van der Waals surface area contributed by atoms with E-state index in [0.29, 0.717) is 22.9 Å². The minimum atomic E-state index is -0.230. The fourth-order valence-electron chi connectivity index (χ4n) is 2.34. The van der Waals surface area contributed by atoms with Gasteiger partial charge in [-0.3, -0.25) is 9.59 Å². The van der Waals surface area contributed by atoms with Crippen molar-refractivity contribution in [3.05, 3.63) is 59.0 Å². The van der Waals surface area contributed by atoms with E-state index in [1.54, 1.807) is 30.5 Å². The molecule has 0 saturated heterocycles. The van der Waals surface area contributed by atoms with E-state index in [1.165, 1.54) is 18.3 Å². The Morgan fingerprint density at radius 1 is 1.23 bits per heavy atom. The molecule has 6 nitrogen and oxygen atoms in total. The Balaban J connectivity index is 1.55. The number of furan rings is 1. The topological polar surface area (TPSA) is 81.4 Å². The van der Waals surface area contributed by atoms with Crippen LogP contribution in [0.1, 0.15) is 28.0 Å². The van der Waals surface area contributed by atoms with E-state index in [-0.39, 0.29) is 18.3 Å². The molecule has 2 heterocycles. The highest BCUT2D eigenvalue weighted by Crippen LogP contribution is 2.29. The average molecular weight is 370 g/mol. The van der Waals surface area contributed by atoms with Crippen LogP contribution in [0, 0.1) is 6.92 Å². The molecule has 0 aliphatic carbocycles. The van der Waals surface area contributed by atoms with Gasteiger partial charge < -0.3 is 14.5 Å². The van der Waals surface area contributed by atoms with Gasteiger partial charge in [0.2, 0.25) is 0 Å². The number of amides is 1. The molecule has 0 aliphatic rings. The Kier molecular flexibility index (Phi) is 5.48. The van der Waals surface area contributed by atoms with Gasteiger partial charge in [0, 0.05) is 12.5 Å². The Labute approximate surface area is 154 Å². The van der Waals surface area contributed by atoms with Crippen LogP contribution >= 0.6 is 11.3 Å². The van der Waals surface area contributed by atoms with E-state index in [2.05, 4.69) is 10.3 Å². The van der Waals surface area contributed by atoms with Crippen LogP contribution in [0.25, 0.3) is 10.6 Å². The fraction of sp³-hybridized carbons (Fsp3) is 0.211. The van der Waals surface area contributed by atoms with E-state index in [9.17, 15) is 9.59 Å². The van der Waals surface area contributed by atoms with Gasteiger partial charge in [0.05, 0.1) is 23.4 Å². The third-order valence-corrected chi connectivity index (χ3v) is 4.93. The van der Waals surface area contributed by atoms with E-state index in [1.807, 2.05) is 19.1 Å². The monoisotopic (exact) mass is 370 g/mol. The largest absolute Gasteiger partial charge is 0.484 e. The van der Waals surface area contributed by atoms with Gasteiger partial charge in [0.25, 0.3) is 5.91 Å². The lowest BCUT2D eigenvalue weighted by atomic mass is 10.2. The van der Waals surface area contributed by atoms with E-state index < -0.39 is 0 Å². The summed E-state index contributed by atoms with van der Waals surface area (Å²) < 4.78 is 10.6. The summed E-state index contributed by atoms with van der Waals surface area (Å²) in [5.74, 6) is 1.06. The van der Waals surface area contributed by atoms with Gasteiger partial charge in [0.1, 0.15) is 16.5 Å². The second kappa shape index (κ2) is 7.97. The van der Waals surface area contributed by atoms with Crippen molar-refractivity contribution in [3.63, 3.8) is 0 Å². The second-order valence-corrected chi connectivity index (χ2v) is 6.66. The molecule has 0 spiro atoms. The molecule has 0 unspecified atom stereocenters. The molecule has 26 heavy (non-hydrogen) atoms. The Morgan fingerprint density at radius 2 is 2.00 bits per heavy atom. The molecule has 0 atom stereocenters. The number of nitrogens with zero attached hydrogens (tertiary/aromatic N) is 1. The van der Waals surface area contributed by atoms with Crippen LogP contribution in [0.3, 0.4) is 0 Å². The van der Waals surface area contributed by atoms with Gasteiger partial charge >= 0.3 is 0 Å². The van der Waals surface area contributed by atoms with E-state index >= 15 is 0 Å².